The molecule has 1 rings (SSSR count). The summed E-state index contributed by atoms with van der Waals surface area (Å²) in [4.78, 5) is 0. The van der Waals surface area contributed by atoms with Crippen molar-refractivity contribution in [2.24, 2.45) is 5.73 Å². The van der Waals surface area contributed by atoms with Gasteiger partial charge in [-0.1, -0.05) is 13.3 Å². The maximum absolute atomic E-state index is 12.8. The second-order valence-corrected chi connectivity index (χ2v) is 4.87. The molecule has 0 saturated heterocycles. The zero-order valence-electron chi connectivity index (χ0n) is 12.0. The van der Waals surface area contributed by atoms with Crippen molar-refractivity contribution in [3.63, 3.8) is 0 Å². The molecule has 2 N–H and O–H groups in total. The zero-order chi connectivity index (χ0) is 15.2. The number of hydrogen-bond acceptors (Lipinski definition) is 2. The average Bonchev–Trinajstić information content (AvgIpc) is 2.41. The van der Waals surface area contributed by atoms with Crippen LogP contribution in [0.2, 0.25) is 0 Å². The number of hydrogen-bond donors (Lipinski definition) is 1. The van der Waals surface area contributed by atoms with Gasteiger partial charge in [0.15, 0.2) is 0 Å². The summed E-state index contributed by atoms with van der Waals surface area (Å²) >= 11 is 0. The molecule has 0 bridgehead atoms. The average molecular weight is 289 g/mol. The van der Waals surface area contributed by atoms with E-state index in [-0.39, 0.29) is 5.92 Å². The summed E-state index contributed by atoms with van der Waals surface area (Å²) in [6.45, 7) is 2.57. The lowest BCUT2D eigenvalue weighted by molar-refractivity contribution is -0.137. The Morgan fingerprint density at radius 2 is 1.95 bits per heavy atom. The van der Waals surface area contributed by atoms with Gasteiger partial charge in [-0.2, -0.15) is 13.2 Å². The third-order valence-corrected chi connectivity index (χ3v) is 3.39. The molecule has 0 aromatic heterocycles. The first-order valence-corrected chi connectivity index (χ1v) is 6.89. The lowest BCUT2D eigenvalue weighted by Crippen LogP contribution is -2.10. The Balaban J connectivity index is 3.15. The second kappa shape index (κ2) is 7.53. The van der Waals surface area contributed by atoms with E-state index in [0.29, 0.717) is 17.9 Å². The molecule has 0 aliphatic carbocycles. The molecule has 1 aromatic rings. The van der Waals surface area contributed by atoms with E-state index in [0.717, 1.165) is 31.7 Å². The van der Waals surface area contributed by atoms with Crippen molar-refractivity contribution in [1.29, 1.82) is 0 Å². The largest absolute Gasteiger partial charge is 0.496 e. The minimum absolute atomic E-state index is 0.0563. The van der Waals surface area contributed by atoms with Crippen LogP contribution in [0.5, 0.6) is 5.75 Å². The van der Waals surface area contributed by atoms with Crippen LogP contribution in [0.4, 0.5) is 13.2 Å². The Bertz CT molecular complexity index is 418. The highest BCUT2D eigenvalue weighted by atomic mass is 19.4. The third kappa shape index (κ3) is 4.40. The van der Waals surface area contributed by atoms with E-state index in [1.807, 2.05) is 6.92 Å². The Morgan fingerprint density at radius 3 is 2.45 bits per heavy atom. The van der Waals surface area contributed by atoms with Gasteiger partial charge in [0.25, 0.3) is 0 Å². The number of nitrogens with two attached hydrogens (primary N) is 1. The first-order chi connectivity index (χ1) is 9.43. The molecule has 0 saturated carbocycles. The Kier molecular flexibility index (Phi) is 6.33. The fourth-order valence-electron chi connectivity index (χ4n) is 2.40. The molecule has 5 heteroatoms. The van der Waals surface area contributed by atoms with Crippen molar-refractivity contribution in [3.8, 4) is 5.75 Å². The van der Waals surface area contributed by atoms with Crippen LogP contribution in [-0.4, -0.2) is 13.7 Å². The summed E-state index contributed by atoms with van der Waals surface area (Å²) in [6.07, 6.45) is -1.01. The van der Waals surface area contributed by atoms with Gasteiger partial charge < -0.3 is 10.5 Å². The number of halogens is 3. The molecule has 0 amide bonds. The molecule has 1 unspecified atom stereocenters. The van der Waals surface area contributed by atoms with Crippen LogP contribution in [0.3, 0.4) is 0 Å². The predicted molar refractivity (Wildman–Crippen MR) is 73.9 cm³/mol. The van der Waals surface area contributed by atoms with Gasteiger partial charge in [-0.05, 0) is 55.5 Å². The number of alkyl halides is 3. The van der Waals surface area contributed by atoms with Crippen molar-refractivity contribution >= 4 is 0 Å². The molecule has 0 aliphatic rings. The first kappa shape index (κ1) is 16.8. The SMILES string of the molecule is CCCC(CCCN)c1cc(C(F)(F)F)ccc1OC. The van der Waals surface area contributed by atoms with Crippen molar-refractivity contribution in [2.75, 3.05) is 13.7 Å². The molecule has 0 heterocycles. The number of ether oxygens (including phenoxy) is 1. The van der Waals surface area contributed by atoms with Gasteiger partial charge in [0.05, 0.1) is 12.7 Å². The molecule has 0 aliphatic heterocycles. The molecule has 0 spiro atoms. The lowest BCUT2D eigenvalue weighted by Gasteiger charge is -2.21. The van der Waals surface area contributed by atoms with Gasteiger partial charge in [-0.25, -0.2) is 0 Å². The summed E-state index contributed by atoms with van der Waals surface area (Å²) in [5.74, 6) is 0.578. The number of benzene rings is 1. The molecule has 1 aromatic carbocycles. The maximum Gasteiger partial charge on any atom is 0.416 e. The Hall–Kier alpha value is -1.23. The normalized spacial score (nSPS) is 13.3. The van der Waals surface area contributed by atoms with E-state index in [4.69, 9.17) is 10.5 Å². The standard InChI is InChI=1S/C15H22F3NO/c1-3-5-11(6-4-9-19)13-10-12(15(16,17)18)7-8-14(13)20-2/h7-8,10-11H,3-6,9,19H2,1-2H3. The first-order valence-electron chi connectivity index (χ1n) is 6.89. The summed E-state index contributed by atoms with van der Waals surface area (Å²) in [5, 5.41) is 0. The van der Waals surface area contributed by atoms with Gasteiger partial charge in [-0.3, -0.25) is 0 Å². The van der Waals surface area contributed by atoms with Gasteiger partial charge in [0, 0.05) is 0 Å². The quantitative estimate of drug-likeness (QED) is 0.810. The number of rotatable bonds is 7. The smallest absolute Gasteiger partial charge is 0.416 e. The summed E-state index contributed by atoms with van der Waals surface area (Å²) in [5.41, 5.74) is 5.52. The molecular formula is C15H22F3NO. The molecule has 20 heavy (non-hydrogen) atoms. The maximum atomic E-state index is 12.8. The van der Waals surface area contributed by atoms with Crippen molar-refractivity contribution in [1.82, 2.24) is 0 Å². The van der Waals surface area contributed by atoms with Gasteiger partial charge >= 0.3 is 6.18 Å². The highest BCUT2D eigenvalue weighted by Gasteiger charge is 2.32. The molecular weight excluding hydrogens is 267 g/mol. The minimum atomic E-state index is -4.33. The van der Waals surface area contributed by atoms with E-state index in [1.165, 1.54) is 19.2 Å². The van der Waals surface area contributed by atoms with Gasteiger partial charge in [0.2, 0.25) is 0 Å². The summed E-state index contributed by atoms with van der Waals surface area (Å²) < 4.78 is 43.8. The monoisotopic (exact) mass is 289 g/mol. The van der Waals surface area contributed by atoms with Crippen LogP contribution < -0.4 is 10.5 Å². The van der Waals surface area contributed by atoms with Crippen LogP contribution in [0, 0.1) is 0 Å². The second-order valence-electron chi connectivity index (χ2n) is 4.87. The Labute approximate surface area is 118 Å². The van der Waals surface area contributed by atoms with Crippen LogP contribution in [0.25, 0.3) is 0 Å². The molecule has 0 fully saturated rings. The Morgan fingerprint density at radius 1 is 1.25 bits per heavy atom. The third-order valence-electron chi connectivity index (χ3n) is 3.39. The zero-order valence-corrected chi connectivity index (χ0v) is 12.0. The fraction of sp³-hybridized carbons (Fsp3) is 0.600. The van der Waals surface area contributed by atoms with Crippen molar-refractivity contribution in [2.45, 2.75) is 44.7 Å². The fourth-order valence-corrected chi connectivity index (χ4v) is 2.40. The van der Waals surface area contributed by atoms with E-state index in [2.05, 4.69) is 0 Å². The minimum Gasteiger partial charge on any atom is -0.496 e. The lowest BCUT2D eigenvalue weighted by atomic mass is 9.88. The van der Waals surface area contributed by atoms with Crippen molar-refractivity contribution < 1.29 is 17.9 Å². The number of methoxy groups -OCH3 is 1. The van der Waals surface area contributed by atoms with Crippen LogP contribution in [0.1, 0.15) is 49.7 Å². The molecule has 1 atom stereocenters. The molecule has 114 valence electrons. The van der Waals surface area contributed by atoms with Crippen molar-refractivity contribution in [3.05, 3.63) is 29.3 Å². The van der Waals surface area contributed by atoms with Crippen LogP contribution >= 0.6 is 0 Å². The van der Waals surface area contributed by atoms with Gasteiger partial charge in [0.1, 0.15) is 5.75 Å². The molecule has 2 nitrogen and oxygen atoms in total. The predicted octanol–water partition coefficient (Wildman–Crippen LogP) is 4.34. The topological polar surface area (TPSA) is 35.2 Å². The van der Waals surface area contributed by atoms with Crippen LogP contribution in [-0.2, 0) is 6.18 Å². The van der Waals surface area contributed by atoms with Gasteiger partial charge in [-0.15, -0.1) is 0 Å². The summed E-state index contributed by atoms with van der Waals surface area (Å²) in [6, 6.07) is 3.69. The summed E-state index contributed by atoms with van der Waals surface area (Å²) in [7, 11) is 1.48. The van der Waals surface area contributed by atoms with E-state index in [9.17, 15) is 13.2 Å². The highest BCUT2D eigenvalue weighted by Crippen LogP contribution is 2.38. The van der Waals surface area contributed by atoms with E-state index >= 15 is 0 Å². The van der Waals surface area contributed by atoms with E-state index in [1.54, 1.807) is 0 Å². The highest BCUT2D eigenvalue weighted by molar-refractivity contribution is 5.40. The van der Waals surface area contributed by atoms with Crippen LogP contribution in [0.15, 0.2) is 18.2 Å². The van der Waals surface area contributed by atoms with E-state index < -0.39 is 11.7 Å². The molecule has 0 radical (unpaired) electrons.